The summed E-state index contributed by atoms with van der Waals surface area (Å²) in [5.41, 5.74) is -1.84. The van der Waals surface area contributed by atoms with Crippen LogP contribution in [0.5, 0.6) is 5.75 Å². The molecule has 1 heterocycles. The molecule has 0 aliphatic carbocycles. The van der Waals surface area contributed by atoms with Crippen LogP contribution in [0.2, 0.25) is 0 Å². The van der Waals surface area contributed by atoms with Gasteiger partial charge in [-0.25, -0.2) is 4.79 Å². The van der Waals surface area contributed by atoms with Gasteiger partial charge in [0.15, 0.2) is 11.3 Å². The van der Waals surface area contributed by atoms with Crippen LogP contribution >= 0.6 is 22.6 Å². The number of esters is 1. The van der Waals surface area contributed by atoms with Gasteiger partial charge < -0.3 is 14.5 Å². The Balaban J connectivity index is 3.36. The molecule has 5 nitrogen and oxygen atoms in total. The highest BCUT2D eigenvalue weighted by Crippen LogP contribution is 2.25. The molecule has 0 radical (unpaired) electrons. The standard InChI is InChI=1S/C8H5F3INO4/c1-16-7(15)5-3(17-8(9,10)11)2-4(12)13-6(5)14/h2H,1H3,(H,13,14). The van der Waals surface area contributed by atoms with Crippen molar-refractivity contribution in [2.45, 2.75) is 6.36 Å². The zero-order valence-corrected chi connectivity index (χ0v) is 10.4. The molecule has 1 N–H and O–H groups in total. The highest BCUT2D eigenvalue weighted by Gasteiger charge is 2.34. The number of nitrogens with one attached hydrogen (secondary N) is 1. The predicted molar refractivity (Wildman–Crippen MR) is 57.8 cm³/mol. The zero-order chi connectivity index (χ0) is 13.2. The van der Waals surface area contributed by atoms with Crippen LogP contribution in [0.4, 0.5) is 13.2 Å². The third-order valence-electron chi connectivity index (χ3n) is 1.58. The van der Waals surface area contributed by atoms with Crippen LogP contribution in [-0.2, 0) is 4.74 Å². The fraction of sp³-hybridized carbons (Fsp3) is 0.250. The highest BCUT2D eigenvalue weighted by molar-refractivity contribution is 14.1. The first kappa shape index (κ1) is 13.8. The molecule has 9 heteroatoms. The number of H-pyrrole nitrogens is 1. The summed E-state index contributed by atoms with van der Waals surface area (Å²) in [6.45, 7) is 0. The van der Waals surface area contributed by atoms with E-state index in [9.17, 15) is 22.8 Å². The number of ether oxygens (including phenoxy) is 2. The van der Waals surface area contributed by atoms with Gasteiger partial charge in [0.2, 0.25) is 0 Å². The summed E-state index contributed by atoms with van der Waals surface area (Å²) < 4.78 is 44.1. The van der Waals surface area contributed by atoms with Crippen LogP contribution in [0.1, 0.15) is 10.4 Å². The van der Waals surface area contributed by atoms with E-state index in [2.05, 4.69) is 14.5 Å². The smallest absolute Gasteiger partial charge is 0.465 e. The van der Waals surface area contributed by atoms with Gasteiger partial charge in [0.05, 0.1) is 10.8 Å². The number of pyridine rings is 1. The topological polar surface area (TPSA) is 68.4 Å². The van der Waals surface area contributed by atoms with Gasteiger partial charge in [-0.05, 0) is 22.6 Å². The quantitative estimate of drug-likeness (QED) is 0.493. The zero-order valence-electron chi connectivity index (χ0n) is 8.22. The largest absolute Gasteiger partial charge is 0.573 e. The molecule has 0 fully saturated rings. The third-order valence-corrected chi connectivity index (χ3v) is 2.16. The van der Waals surface area contributed by atoms with Crippen LogP contribution in [0.3, 0.4) is 0 Å². The lowest BCUT2D eigenvalue weighted by molar-refractivity contribution is -0.274. The predicted octanol–water partition coefficient (Wildman–Crippen LogP) is 1.66. The number of halogens is 4. The Morgan fingerprint density at radius 2 is 2.06 bits per heavy atom. The number of hydrogen-bond acceptors (Lipinski definition) is 4. The Bertz CT molecular complexity index is 497. The number of rotatable bonds is 2. The molecule has 94 valence electrons. The average molecular weight is 363 g/mol. The summed E-state index contributed by atoms with van der Waals surface area (Å²) >= 11 is 1.58. The van der Waals surface area contributed by atoms with Crippen molar-refractivity contribution in [2.75, 3.05) is 7.11 Å². The van der Waals surface area contributed by atoms with Crippen LogP contribution in [0, 0.1) is 3.70 Å². The lowest BCUT2D eigenvalue weighted by Crippen LogP contribution is -2.25. The number of alkyl halides is 3. The second kappa shape index (κ2) is 4.94. The molecule has 1 aromatic heterocycles. The van der Waals surface area contributed by atoms with E-state index in [1.807, 2.05) is 0 Å². The van der Waals surface area contributed by atoms with E-state index in [1.165, 1.54) is 0 Å². The van der Waals surface area contributed by atoms with Gasteiger partial charge in [-0.3, -0.25) is 4.79 Å². The number of aromatic nitrogens is 1. The van der Waals surface area contributed by atoms with E-state index >= 15 is 0 Å². The fourth-order valence-corrected chi connectivity index (χ4v) is 1.53. The van der Waals surface area contributed by atoms with Crippen molar-refractivity contribution in [3.8, 4) is 5.75 Å². The minimum absolute atomic E-state index is 0.0968. The normalized spacial score (nSPS) is 11.1. The number of aromatic amines is 1. The Labute approximate surface area is 106 Å². The van der Waals surface area contributed by atoms with E-state index in [0.29, 0.717) is 0 Å². The molecule has 0 aliphatic rings. The van der Waals surface area contributed by atoms with E-state index in [1.54, 1.807) is 22.6 Å². The van der Waals surface area contributed by atoms with Gasteiger partial charge in [0.25, 0.3) is 5.56 Å². The first-order valence-corrected chi connectivity index (χ1v) is 5.09. The molecule has 0 spiro atoms. The SMILES string of the molecule is COC(=O)c1c(OC(F)(F)F)cc(I)[nH]c1=O. The maximum Gasteiger partial charge on any atom is 0.573 e. The Kier molecular flexibility index (Phi) is 4.01. The van der Waals surface area contributed by atoms with E-state index in [4.69, 9.17) is 0 Å². The first-order chi connectivity index (χ1) is 7.74. The minimum atomic E-state index is -5.00. The summed E-state index contributed by atoms with van der Waals surface area (Å²) in [5, 5.41) is 0. The van der Waals surface area contributed by atoms with Gasteiger partial charge in [0.1, 0.15) is 0 Å². The highest BCUT2D eigenvalue weighted by atomic mass is 127. The van der Waals surface area contributed by atoms with E-state index in [0.717, 1.165) is 13.2 Å². The lowest BCUT2D eigenvalue weighted by atomic mass is 10.2. The second-order valence-electron chi connectivity index (χ2n) is 2.73. The summed E-state index contributed by atoms with van der Waals surface area (Å²) in [6.07, 6.45) is -5.00. The molecule has 1 aromatic rings. The Morgan fingerprint density at radius 1 is 1.47 bits per heavy atom. The maximum atomic E-state index is 12.1. The number of methoxy groups -OCH3 is 1. The van der Waals surface area contributed by atoms with Crippen molar-refractivity contribution in [1.29, 1.82) is 0 Å². The Hall–Kier alpha value is -1.26. The molecule has 0 saturated carbocycles. The molecular formula is C8H5F3INO4. The van der Waals surface area contributed by atoms with Crippen LogP contribution < -0.4 is 10.3 Å². The molecule has 0 bridgehead atoms. The van der Waals surface area contributed by atoms with Crippen molar-refractivity contribution in [2.24, 2.45) is 0 Å². The van der Waals surface area contributed by atoms with Crippen LogP contribution in [0.15, 0.2) is 10.9 Å². The minimum Gasteiger partial charge on any atom is -0.465 e. The van der Waals surface area contributed by atoms with Gasteiger partial charge >= 0.3 is 12.3 Å². The van der Waals surface area contributed by atoms with Crippen molar-refractivity contribution < 1.29 is 27.4 Å². The number of carbonyl (C=O) groups is 1. The van der Waals surface area contributed by atoms with E-state index in [-0.39, 0.29) is 3.70 Å². The first-order valence-electron chi connectivity index (χ1n) is 4.01. The van der Waals surface area contributed by atoms with Gasteiger partial charge in [-0.2, -0.15) is 0 Å². The van der Waals surface area contributed by atoms with Gasteiger partial charge in [0, 0.05) is 6.07 Å². The third kappa shape index (κ3) is 3.61. The lowest BCUT2D eigenvalue weighted by Gasteiger charge is -2.11. The Morgan fingerprint density at radius 3 is 2.53 bits per heavy atom. The van der Waals surface area contributed by atoms with Gasteiger partial charge in [-0.15, -0.1) is 13.2 Å². The van der Waals surface area contributed by atoms with Crippen molar-refractivity contribution >= 4 is 28.6 Å². The molecule has 0 aromatic carbocycles. The van der Waals surface area contributed by atoms with Crippen molar-refractivity contribution in [3.05, 3.63) is 25.7 Å². The molecule has 0 aliphatic heterocycles. The number of carbonyl (C=O) groups excluding carboxylic acids is 1. The van der Waals surface area contributed by atoms with E-state index < -0.39 is 29.2 Å². The number of hydrogen-bond donors (Lipinski definition) is 1. The summed E-state index contributed by atoms with van der Waals surface area (Å²) in [6, 6.07) is 0.877. The molecule has 0 amide bonds. The van der Waals surface area contributed by atoms with Crippen molar-refractivity contribution in [1.82, 2.24) is 4.98 Å². The summed E-state index contributed by atoms with van der Waals surface area (Å²) in [7, 11) is 0.942. The summed E-state index contributed by atoms with van der Waals surface area (Å²) in [4.78, 5) is 24.7. The monoisotopic (exact) mass is 363 g/mol. The molecule has 0 saturated heterocycles. The molecule has 17 heavy (non-hydrogen) atoms. The average Bonchev–Trinajstić information content (AvgIpc) is 2.13. The maximum absolute atomic E-state index is 12.1. The molecule has 0 atom stereocenters. The van der Waals surface area contributed by atoms with Crippen molar-refractivity contribution in [3.63, 3.8) is 0 Å². The summed E-state index contributed by atoms with van der Waals surface area (Å²) in [5.74, 6) is -2.10. The molecule has 0 unspecified atom stereocenters. The van der Waals surface area contributed by atoms with Crippen LogP contribution in [0.25, 0.3) is 0 Å². The molecular weight excluding hydrogens is 358 g/mol. The van der Waals surface area contributed by atoms with Crippen LogP contribution in [-0.4, -0.2) is 24.4 Å². The van der Waals surface area contributed by atoms with Gasteiger partial charge in [-0.1, -0.05) is 0 Å². The molecule has 1 rings (SSSR count). The fourth-order valence-electron chi connectivity index (χ4n) is 1.01. The second-order valence-corrected chi connectivity index (χ2v) is 3.89.